The van der Waals surface area contributed by atoms with Crippen molar-refractivity contribution in [2.75, 3.05) is 19.1 Å². The van der Waals surface area contributed by atoms with E-state index in [1.165, 1.54) is 11.1 Å². The SMILES string of the molecule is COc1cccc(N(C)Cc2ccc(C)cc2)c1C(C)=O. The van der Waals surface area contributed by atoms with Crippen LogP contribution >= 0.6 is 0 Å². The number of ether oxygens (including phenoxy) is 1. The molecule has 0 aliphatic heterocycles. The molecule has 2 aromatic carbocycles. The standard InChI is InChI=1S/C18H21NO2/c1-13-8-10-15(11-9-13)12-19(3)16-6-5-7-17(21-4)18(16)14(2)20/h5-11H,12H2,1-4H3. The number of carbonyl (C=O) groups is 1. The largest absolute Gasteiger partial charge is 0.496 e. The number of nitrogens with zero attached hydrogens (tertiary/aromatic N) is 1. The highest BCUT2D eigenvalue weighted by Crippen LogP contribution is 2.30. The van der Waals surface area contributed by atoms with Gasteiger partial charge in [0.2, 0.25) is 0 Å². The molecular weight excluding hydrogens is 262 g/mol. The fourth-order valence-corrected chi connectivity index (χ4v) is 2.41. The molecule has 0 spiro atoms. The number of hydrogen-bond acceptors (Lipinski definition) is 3. The Labute approximate surface area is 126 Å². The third-order valence-corrected chi connectivity index (χ3v) is 3.53. The van der Waals surface area contributed by atoms with Crippen LogP contribution < -0.4 is 9.64 Å². The minimum atomic E-state index is 0.0122. The first-order valence-corrected chi connectivity index (χ1v) is 6.97. The average molecular weight is 283 g/mol. The first-order chi connectivity index (χ1) is 10.0. The van der Waals surface area contributed by atoms with Crippen molar-refractivity contribution in [1.82, 2.24) is 0 Å². The Hall–Kier alpha value is -2.29. The van der Waals surface area contributed by atoms with Gasteiger partial charge < -0.3 is 9.64 Å². The van der Waals surface area contributed by atoms with Crippen molar-refractivity contribution in [2.24, 2.45) is 0 Å². The van der Waals surface area contributed by atoms with E-state index in [1.807, 2.05) is 25.2 Å². The average Bonchev–Trinajstić information content (AvgIpc) is 2.48. The van der Waals surface area contributed by atoms with Gasteiger partial charge in [0.15, 0.2) is 5.78 Å². The molecule has 2 aromatic rings. The number of hydrogen-bond donors (Lipinski definition) is 0. The number of rotatable bonds is 5. The van der Waals surface area contributed by atoms with E-state index in [1.54, 1.807) is 14.0 Å². The number of aryl methyl sites for hydroxylation is 1. The predicted octanol–water partition coefficient (Wildman–Crippen LogP) is 3.84. The van der Waals surface area contributed by atoms with Gasteiger partial charge in [0.1, 0.15) is 5.75 Å². The summed E-state index contributed by atoms with van der Waals surface area (Å²) in [7, 11) is 3.58. The number of ketones is 1. The summed E-state index contributed by atoms with van der Waals surface area (Å²) in [6.45, 7) is 4.39. The minimum Gasteiger partial charge on any atom is -0.496 e. The Morgan fingerprint density at radius 2 is 1.81 bits per heavy atom. The third-order valence-electron chi connectivity index (χ3n) is 3.53. The van der Waals surface area contributed by atoms with Crippen molar-refractivity contribution in [3.05, 3.63) is 59.2 Å². The molecule has 0 aliphatic rings. The second kappa shape index (κ2) is 6.44. The van der Waals surface area contributed by atoms with Crippen LogP contribution in [0.4, 0.5) is 5.69 Å². The van der Waals surface area contributed by atoms with E-state index in [4.69, 9.17) is 4.74 Å². The lowest BCUT2D eigenvalue weighted by Crippen LogP contribution is -2.19. The molecule has 3 heteroatoms. The molecule has 0 radical (unpaired) electrons. The smallest absolute Gasteiger partial charge is 0.165 e. The zero-order valence-electron chi connectivity index (χ0n) is 13.0. The number of anilines is 1. The molecule has 0 bridgehead atoms. The van der Waals surface area contributed by atoms with Gasteiger partial charge >= 0.3 is 0 Å². The van der Waals surface area contributed by atoms with Gasteiger partial charge in [-0.2, -0.15) is 0 Å². The summed E-state index contributed by atoms with van der Waals surface area (Å²) < 4.78 is 5.32. The van der Waals surface area contributed by atoms with Crippen LogP contribution in [-0.4, -0.2) is 19.9 Å². The molecule has 21 heavy (non-hydrogen) atoms. The molecule has 0 aliphatic carbocycles. The fourth-order valence-electron chi connectivity index (χ4n) is 2.41. The van der Waals surface area contributed by atoms with Gasteiger partial charge in [-0.05, 0) is 31.5 Å². The van der Waals surface area contributed by atoms with Gasteiger partial charge in [-0.15, -0.1) is 0 Å². The van der Waals surface area contributed by atoms with Crippen molar-refractivity contribution in [3.63, 3.8) is 0 Å². The molecule has 0 aromatic heterocycles. The molecular formula is C18H21NO2. The number of methoxy groups -OCH3 is 1. The molecule has 0 saturated carbocycles. The lowest BCUT2D eigenvalue weighted by Gasteiger charge is -2.23. The lowest BCUT2D eigenvalue weighted by molar-refractivity contribution is 0.101. The van der Waals surface area contributed by atoms with Crippen LogP contribution in [0.25, 0.3) is 0 Å². The Kier molecular flexibility index (Phi) is 4.63. The second-order valence-corrected chi connectivity index (χ2v) is 5.25. The van der Waals surface area contributed by atoms with Gasteiger partial charge in [0.25, 0.3) is 0 Å². The van der Waals surface area contributed by atoms with E-state index in [9.17, 15) is 4.79 Å². The maximum absolute atomic E-state index is 11.9. The van der Waals surface area contributed by atoms with Crippen LogP contribution in [0, 0.1) is 6.92 Å². The van der Waals surface area contributed by atoms with Gasteiger partial charge in [-0.1, -0.05) is 35.9 Å². The van der Waals surface area contributed by atoms with E-state index >= 15 is 0 Å². The van der Waals surface area contributed by atoms with Crippen LogP contribution in [0.15, 0.2) is 42.5 Å². The molecule has 2 rings (SSSR count). The summed E-state index contributed by atoms with van der Waals surface area (Å²) in [4.78, 5) is 14.0. The summed E-state index contributed by atoms with van der Waals surface area (Å²) >= 11 is 0. The third kappa shape index (κ3) is 3.43. The summed E-state index contributed by atoms with van der Waals surface area (Å²) in [5, 5.41) is 0. The normalized spacial score (nSPS) is 10.3. The molecule has 0 amide bonds. The monoisotopic (exact) mass is 283 g/mol. The highest BCUT2D eigenvalue weighted by Gasteiger charge is 2.16. The first kappa shape index (κ1) is 15.1. The molecule has 0 heterocycles. The van der Waals surface area contributed by atoms with Gasteiger partial charge in [-0.3, -0.25) is 4.79 Å². The van der Waals surface area contributed by atoms with E-state index in [-0.39, 0.29) is 5.78 Å². The Morgan fingerprint density at radius 3 is 2.38 bits per heavy atom. The highest BCUT2D eigenvalue weighted by molar-refractivity contribution is 6.02. The van der Waals surface area contributed by atoms with Crippen LogP contribution in [-0.2, 0) is 6.54 Å². The van der Waals surface area contributed by atoms with Crippen molar-refractivity contribution in [1.29, 1.82) is 0 Å². The molecule has 110 valence electrons. The topological polar surface area (TPSA) is 29.5 Å². The molecule has 0 N–H and O–H groups in total. The molecule has 0 fully saturated rings. The van der Waals surface area contributed by atoms with Crippen LogP contribution in [0.1, 0.15) is 28.4 Å². The Balaban J connectivity index is 2.32. The lowest BCUT2D eigenvalue weighted by atomic mass is 10.1. The van der Waals surface area contributed by atoms with E-state index in [0.29, 0.717) is 11.3 Å². The quantitative estimate of drug-likeness (QED) is 0.781. The van der Waals surface area contributed by atoms with Crippen LogP contribution in [0.2, 0.25) is 0 Å². The molecule has 0 unspecified atom stereocenters. The fraction of sp³-hybridized carbons (Fsp3) is 0.278. The maximum atomic E-state index is 11.9. The molecule has 0 saturated heterocycles. The van der Waals surface area contributed by atoms with E-state index in [0.717, 1.165) is 12.2 Å². The van der Waals surface area contributed by atoms with Gasteiger partial charge in [0.05, 0.1) is 18.4 Å². The van der Waals surface area contributed by atoms with Crippen LogP contribution in [0.3, 0.4) is 0 Å². The van der Waals surface area contributed by atoms with E-state index < -0.39 is 0 Å². The van der Waals surface area contributed by atoms with Gasteiger partial charge in [0, 0.05) is 13.6 Å². The number of benzene rings is 2. The summed E-state index contributed by atoms with van der Waals surface area (Å²) in [5.41, 5.74) is 3.98. The predicted molar refractivity (Wildman–Crippen MR) is 86.3 cm³/mol. The van der Waals surface area contributed by atoms with Crippen molar-refractivity contribution in [3.8, 4) is 5.75 Å². The van der Waals surface area contributed by atoms with Gasteiger partial charge in [-0.25, -0.2) is 0 Å². The molecule has 3 nitrogen and oxygen atoms in total. The van der Waals surface area contributed by atoms with Crippen molar-refractivity contribution >= 4 is 11.5 Å². The molecule has 0 atom stereocenters. The van der Waals surface area contributed by atoms with Crippen molar-refractivity contribution < 1.29 is 9.53 Å². The number of Topliss-reactive ketones (excluding diaryl/α,β-unsaturated/α-hetero) is 1. The zero-order valence-corrected chi connectivity index (χ0v) is 13.0. The first-order valence-electron chi connectivity index (χ1n) is 6.97. The second-order valence-electron chi connectivity index (χ2n) is 5.25. The maximum Gasteiger partial charge on any atom is 0.165 e. The zero-order chi connectivity index (χ0) is 15.4. The van der Waals surface area contributed by atoms with E-state index in [2.05, 4.69) is 36.1 Å². The Bertz CT molecular complexity index is 632. The summed E-state index contributed by atoms with van der Waals surface area (Å²) in [6.07, 6.45) is 0. The minimum absolute atomic E-state index is 0.0122. The van der Waals surface area contributed by atoms with Crippen molar-refractivity contribution in [2.45, 2.75) is 20.4 Å². The van der Waals surface area contributed by atoms with Crippen LogP contribution in [0.5, 0.6) is 5.75 Å². The number of carbonyl (C=O) groups excluding carboxylic acids is 1. The summed E-state index contributed by atoms with van der Waals surface area (Å²) in [5.74, 6) is 0.633. The highest BCUT2D eigenvalue weighted by atomic mass is 16.5. The summed E-state index contributed by atoms with van der Waals surface area (Å²) in [6, 6.07) is 14.1. The Morgan fingerprint density at radius 1 is 1.14 bits per heavy atom.